The lowest BCUT2D eigenvalue weighted by molar-refractivity contribution is -0.128. The van der Waals surface area contributed by atoms with Crippen LogP contribution in [0.15, 0.2) is 0 Å². The number of rotatable bonds is 4. The highest BCUT2D eigenvalue weighted by atomic mass is 79.9. The van der Waals surface area contributed by atoms with Crippen LogP contribution in [0.5, 0.6) is 0 Å². The second-order valence-corrected chi connectivity index (χ2v) is 5.88. The average Bonchev–Trinajstić information content (AvgIpc) is 2.84. The summed E-state index contributed by atoms with van der Waals surface area (Å²) in [6.07, 6.45) is 5.66. The second kappa shape index (κ2) is 6.74. The molecule has 0 aromatic heterocycles. The van der Waals surface area contributed by atoms with Crippen molar-refractivity contribution in [2.24, 2.45) is 17.8 Å². The third-order valence-corrected chi connectivity index (χ3v) is 4.98. The Balaban J connectivity index is 1.71. The summed E-state index contributed by atoms with van der Waals surface area (Å²) in [6.45, 7) is 2.35. The van der Waals surface area contributed by atoms with Crippen molar-refractivity contribution in [3.05, 3.63) is 0 Å². The molecule has 2 atom stereocenters. The third kappa shape index (κ3) is 3.68. The predicted octanol–water partition coefficient (Wildman–Crippen LogP) is 2.34. The molecule has 1 N–H and O–H groups in total. The Morgan fingerprint density at radius 1 is 1.18 bits per heavy atom. The van der Waals surface area contributed by atoms with Crippen molar-refractivity contribution >= 4 is 21.8 Å². The molecule has 2 unspecified atom stereocenters. The lowest BCUT2D eigenvalue weighted by Crippen LogP contribution is -2.37. The third-order valence-electron chi connectivity index (χ3n) is 4.15. The minimum atomic E-state index is 0.188. The number of carbonyl (C=O) groups excluding carboxylic acids is 1. The van der Waals surface area contributed by atoms with Gasteiger partial charge in [0.1, 0.15) is 0 Å². The fraction of sp³-hybridized carbons (Fsp3) is 0.923. The summed E-state index contributed by atoms with van der Waals surface area (Å²) in [5.74, 6) is 1.87. The molecule has 2 aliphatic rings. The molecule has 2 rings (SSSR count). The van der Waals surface area contributed by atoms with Gasteiger partial charge in [0.05, 0.1) is 0 Å². The fourth-order valence-corrected chi connectivity index (χ4v) is 3.77. The van der Waals surface area contributed by atoms with Crippen LogP contribution in [-0.4, -0.2) is 31.0 Å². The smallest absolute Gasteiger partial charge is 0.223 e. The van der Waals surface area contributed by atoms with Gasteiger partial charge in [-0.2, -0.15) is 0 Å². The summed E-state index contributed by atoms with van der Waals surface area (Å²) < 4.78 is 5.28. The average molecular weight is 304 g/mol. The highest BCUT2D eigenvalue weighted by Gasteiger charge is 2.28. The molecular formula is C13H22BrNO2. The number of carbonyl (C=O) groups is 1. The molecule has 1 aliphatic heterocycles. The van der Waals surface area contributed by atoms with E-state index in [-0.39, 0.29) is 11.8 Å². The summed E-state index contributed by atoms with van der Waals surface area (Å²) >= 11 is 3.57. The first kappa shape index (κ1) is 13.3. The van der Waals surface area contributed by atoms with E-state index in [1.165, 1.54) is 19.3 Å². The number of halogens is 1. The standard InChI is InChI=1S/C13H22BrNO2/c14-8-11-2-1-3-12(11)9-15-13(16)10-4-6-17-7-5-10/h10-12H,1-9H2,(H,15,16). The van der Waals surface area contributed by atoms with Gasteiger partial charge in [-0.3, -0.25) is 4.79 Å². The summed E-state index contributed by atoms with van der Waals surface area (Å²) in [4.78, 5) is 12.0. The Labute approximate surface area is 112 Å². The Morgan fingerprint density at radius 2 is 1.88 bits per heavy atom. The SMILES string of the molecule is O=C(NCC1CCCC1CBr)C1CCOCC1. The van der Waals surface area contributed by atoms with Gasteiger partial charge in [0.25, 0.3) is 0 Å². The van der Waals surface area contributed by atoms with Crippen molar-refractivity contribution in [2.75, 3.05) is 25.1 Å². The molecule has 1 aliphatic carbocycles. The molecule has 3 nitrogen and oxygen atoms in total. The van der Waals surface area contributed by atoms with Gasteiger partial charge in [-0.1, -0.05) is 22.4 Å². The highest BCUT2D eigenvalue weighted by Crippen LogP contribution is 2.32. The largest absolute Gasteiger partial charge is 0.381 e. The number of hydrogen-bond acceptors (Lipinski definition) is 2. The van der Waals surface area contributed by atoms with E-state index in [0.29, 0.717) is 5.92 Å². The number of alkyl halides is 1. The van der Waals surface area contributed by atoms with Crippen molar-refractivity contribution in [2.45, 2.75) is 32.1 Å². The van der Waals surface area contributed by atoms with Crippen LogP contribution in [0.4, 0.5) is 0 Å². The predicted molar refractivity (Wildman–Crippen MR) is 71.2 cm³/mol. The van der Waals surface area contributed by atoms with E-state index in [4.69, 9.17) is 4.74 Å². The zero-order chi connectivity index (χ0) is 12.1. The summed E-state index contributed by atoms with van der Waals surface area (Å²) in [5.41, 5.74) is 0. The minimum absolute atomic E-state index is 0.188. The minimum Gasteiger partial charge on any atom is -0.381 e. The molecule has 1 amide bonds. The Hall–Kier alpha value is -0.0900. The Morgan fingerprint density at radius 3 is 2.59 bits per heavy atom. The van der Waals surface area contributed by atoms with Gasteiger partial charge in [0.15, 0.2) is 0 Å². The normalized spacial score (nSPS) is 30.4. The molecule has 1 heterocycles. The maximum Gasteiger partial charge on any atom is 0.223 e. The molecule has 1 saturated heterocycles. The lowest BCUT2D eigenvalue weighted by atomic mass is 9.96. The number of nitrogens with one attached hydrogen (secondary N) is 1. The molecule has 1 saturated carbocycles. The van der Waals surface area contributed by atoms with Gasteiger partial charge >= 0.3 is 0 Å². The van der Waals surface area contributed by atoms with Gasteiger partial charge in [-0.05, 0) is 37.5 Å². The monoisotopic (exact) mass is 303 g/mol. The molecule has 0 bridgehead atoms. The molecule has 17 heavy (non-hydrogen) atoms. The van der Waals surface area contributed by atoms with E-state index >= 15 is 0 Å². The van der Waals surface area contributed by atoms with E-state index in [0.717, 1.165) is 43.8 Å². The van der Waals surface area contributed by atoms with E-state index in [1.54, 1.807) is 0 Å². The number of ether oxygens (including phenoxy) is 1. The van der Waals surface area contributed by atoms with Crippen LogP contribution in [0.2, 0.25) is 0 Å². The van der Waals surface area contributed by atoms with E-state index < -0.39 is 0 Å². The maximum atomic E-state index is 12.0. The Bertz CT molecular complexity index is 254. The van der Waals surface area contributed by atoms with Crippen LogP contribution in [0.3, 0.4) is 0 Å². The quantitative estimate of drug-likeness (QED) is 0.810. The first-order chi connectivity index (χ1) is 8.31. The van der Waals surface area contributed by atoms with Crippen molar-refractivity contribution in [3.8, 4) is 0 Å². The summed E-state index contributed by atoms with van der Waals surface area (Å²) in [7, 11) is 0. The van der Waals surface area contributed by atoms with Crippen molar-refractivity contribution in [1.82, 2.24) is 5.32 Å². The zero-order valence-corrected chi connectivity index (χ0v) is 11.9. The van der Waals surface area contributed by atoms with Crippen LogP contribution < -0.4 is 5.32 Å². The fourth-order valence-electron chi connectivity index (χ4n) is 2.92. The molecule has 2 fully saturated rings. The molecule has 0 radical (unpaired) electrons. The van der Waals surface area contributed by atoms with Crippen LogP contribution in [0.1, 0.15) is 32.1 Å². The highest BCUT2D eigenvalue weighted by molar-refractivity contribution is 9.09. The van der Waals surface area contributed by atoms with Crippen LogP contribution in [-0.2, 0) is 9.53 Å². The van der Waals surface area contributed by atoms with Gasteiger partial charge < -0.3 is 10.1 Å². The first-order valence-corrected chi connectivity index (χ1v) is 7.85. The second-order valence-electron chi connectivity index (χ2n) is 5.24. The Kier molecular flexibility index (Phi) is 5.29. The lowest BCUT2D eigenvalue weighted by Gasteiger charge is -2.23. The number of hydrogen-bond donors (Lipinski definition) is 1. The molecule has 0 spiro atoms. The van der Waals surface area contributed by atoms with Crippen molar-refractivity contribution < 1.29 is 9.53 Å². The van der Waals surface area contributed by atoms with E-state index in [2.05, 4.69) is 21.2 Å². The maximum absolute atomic E-state index is 12.0. The molecular weight excluding hydrogens is 282 g/mol. The van der Waals surface area contributed by atoms with Crippen molar-refractivity contribution in [1.29, 1.82) is 0 Å². The molecule has 0 aromatic carbocycles. The topological polar surface area (TPSA) is 38.3 Å². The van der Waals surface area contributed by atoms with E-state index in [1.807, 2.05) is 0 Å². The van der Waals surface area contributed by atoms with E-state index in [9.17, 15) is 4.79 Å². The summed E-state index contributed by atoms with van der Waals surface area (Å²) in [6, 6.07) is 0. The molecule has 98 valence electrons. The summed E-state index contributed by atoms with van der Waals surface area (Å²) in [5, 5.41) is 4.22. The van der Waals surface area contributed by atoms with Crippen LogP contribution in [0.25, 0.3) is 0 Å². The molecule has 4 heteroatoms. The zero-order valence-electron chi connectivity index (χ0n) is 10.3. The van der Waals surface area contributed by atoms with Crippen molar-refractivity contribution in [3.63, 3.8) is 0 Å². The first-order valence-electron chi connectivity index (χ1n) is 6.72. The van der Waals surface area contributed by atoms with Gasteiger partial charge in [-0.15, -0.1) is 0 Å². The van der Waals surface area contributed by atoms with Crippen LogP contribution >= 0.6 is 15.9 Å². The van der Waals surface area contributed by atoms with Gasteiger partial charge in [0, 0.05) is 31.0 Å². The van der Waals surface area contributed by atoms with Gasteiger partial charge in [0.2, 0.25) is 5.91 Å². The molecule has 0 aromatic rings. The van der Waals surface area contributed by atoms with Gasteiger partial charge in [-0.25, -0.2) is 0 Å². The van der Waals surface area contributed by atoms with Crippen LogP contribution in [0, 0.1) is 17.8 Å². The number of amides is 1.